The number of anilines is 2. The summed E-state index contributed by atoms with van der Waals surface area (Å²) in [6.07, 6.45) is 0. The van der Waals surface area contributed by atoms with Gasteiger partial charge in [-0.2, -0.15) is 0 Å². The van der Waals surface area contributed by atoms with E-state index in [2.05, 4.69) is 10.0 Å². The van der Waals surface area contributed by atoms with Gasteiger partial charge >= 0.3 is 5.63 Å². The number of nitrogens with one attached hydrogen (secondary N) is 2. The van der Waals surface area contributed by atoms with E-state index in [4.69, 9.17) is 16.0 Å². The lowest BCUT2D eigenvalue weighted by molar-refractivity contribution is 0.560. The fraction of sp³-hybridized carbons (Fsp3) is 0.0455. The molecule has 8 heteroatoms. The third kappa shape index (κ3) is 4.48. The van der Waals surface area contributed by atoms with Gasteiger partial charge in [-0.05, 0) is 48.0 Å². The average molecular weight is 441 g/mol. The van der Waals surface area contributed by atoms with Crippen molar-refractivity contribution in [3.8, 4) is 0 Å². The summed E-state index contributed by atoms with van der Waals surface area (Å²) < 4.78 is 33.1. The van der Waals surface area contributed by atoms with Crippen molar-refractivity contribution in [1.82, 2.24) is 0 Å². The highest BCUT2D eigenvalue weighted by molar-refractivity contribution is 7.92. The Balaban J connectivity index is 1.52. The molecule has 0 atom stereocenters. The van der Waals surface area contributed by atoms with Gasteiger partial charge in [0.25, 0.3) is 10.0 Å². The molecule has 3 aromatic carbocycles. The van der Waals surface area contributed by atoms with Gasteiger partial charge in [-0.3, -0.25) is 4.72 Å². The molecule has 0 unspecified atom stereocenters. The normalized spacial score (nSPS) is 11.4. The Morgan fingerprint density at radius 2 is 1.70 bits per heavy atom. The predicted octanol–water partition coefficient (Wildman–Crippen LogP) is 4.86. The summed E-state index contributed by atoms with van der Waals surface area (Å²) in [6, 6.07) is 21.8. The number of rotatable bonds is 6. The zero-order valence-electron chi connectivity index (χ0n) is 15.6. The van der Waals surface area contributed by atoms with E-state index in [1.807, 2.05) is 30.3 Å². The van der Waals surface area contributed by atoms with Crippen molar-refractivity contribution in [3.05, 3.63) is 99.9 Å². The number of fused-ring (bicyclic) bond motifs is 1. The number of benzene rings is 3. The van der Waals surface area contributed by atoms with E-state index < -0.39 is 15.6 Å². The summed E-state index contributed by atoms with van der Waals surface area (Å²) in [5.41, 5.74) is 1.96. The fourth-order valence-electron chi connectivity index (χ4n) is 2.95. The zero-order chi connectivity index (χ0) is 21.1. The lowest BCUT2D eigenvalue weighted by atomic mass is 10.2. The molecular formula is C22H17ClN2O4S. The van der Waals surface area contributed by atoms with Gasteiger partial charge in [-0.25, -0.2) is 13.2 Å². The lowest BCUT2D eigenvalue weighted by Gasteiger charge is -2.12. The molecule has 1 heterocycles. The minimum atomic E-state index is -3.85. The van der Waals surface area contributed by atoms with Gasteiger partial charge in [0.2, 0.25) is 0 Å². The van der Waals surface area contributed by atoms with Crippen molar-refractivity contribution < 1.29 is 12.8 Å². The number of halogens is 1. The number of sulfonamides is 1. The first-order valence-corrected chi connectivity index (χ1v) is 10.9. The van der Waals surface area contributed by atoms with Crippen molar-refractivity contribution in [1.29, 1.82) is 0 Å². The largest absolute Gasteiger partial charge is 0.423 e. The van der Waals surface area contributed by atoms with Crippen LogP contribution in [0.1, 0.15) is 5.56 Å². The SMILES string of the molecule is O=c1ccc2cc(S(=O)(=O)Nc3ccc(NCc4ccccc4)c(Cl)c3)ccc2o1. The average Bonchev–Trinajstić information content (AvgIpc) is 2.73. The molecule has 0 saturated heterocycles. The van der Waals surface area contributed by atoms with Gasteiger partial charge in [-0.15, -0.1) is 0 Å². The van der Waals surface area contributed by atoms with Crippen LogP contribution in [0.3, 0.4) is 0 Å². The fourth-order valence-corrected chi connectivity index (χ4v) is 4.28. The quantitative estimate of drug-likeness (QED) is 0.418. The molecule has 0 fully saturated rings. The van der Waals surface area contributed by atoms with Gasteiger partial charge in [0.1, 0.15) is 5.58 Å². The number of hydrogen-bond acceptors (Lipinski definition) is 5. The molecule has 0 saturated carbocycles. The Morgan fingerprint density at radius 1 is 0.900 bits per heavy atom. The molecule has 4 aromatic rings. The van der Waals surface area contributed by atoms with Crippen LogP contribution in [0.25, 0.3) is 11.0 Å². The van der Waals surface area contributed by atoms with Crippen molar-refractivity contribution in [3.63, 3.8) is 0 Å². The highest BCUT2D eigenvalue weighted by atomic mass is 35.5. The van der Waals surface area contributed by atoms with Gasteiger partial charge in [0, 0.05) is 18.0 Å². The Bertz CT molecular complexity index is 1370. The number of hydrogen-bond donors (Lipinski definition) is 2. The summed E-state index contributed by atoms with van der Waals surface area (Å²) in [5.74, 6) is 0. The molecule has 1 aromatic heterocycles. The van der Waals surface area contributed by atoms with Crippen molar-refractivity contribution >= 4 is 44.0 Å². The maximum atomic E-state index is 12.8. The second kappa shape index (κ2) is 8.22. The molecule has 0 spiro atoms. The van der Waals surface area contributed by atoms with Gasteiger partial charge < -0.3 is 9.73 Å². The second-order valence-corrected chi connectivity index (χ2v) is 8.68. The molecule has 0 bridgehead atoms. The zero-order valence-corrected chi connectivity index (χ0v) is 17.2. The standard InChI is InChI=1S/C22H17ClN2O4S/c23-19-13-17(7-9-20(19)24-14-15-4-2-1-3-5-15)25-30(27,28)18-8-10-21-16(12-18)6-11-22(26)29-21/h1-13,24-25H,14H2. The van der Waals surface area contributed by atoms with Crippen LogP contribution in [0.2, 0.25) is 5.02 Å². The highest BCUT2D eigenvalue weighted by Gasteiger charge is 2.16. The first-order valence-electron chi connectivity index (χ1n) is 9.05. The third-order valence-corrected chi connectivity index (χ3v) is 6.14. The first-order chi connectivity index (χ1) is 14.4. The van der Waals surface area contributed by atoms with E-state index in [1.54, 1.807) is 18.2 Å². The summed E-state index contributed by atoms with van der Waals surface area (Å²) in [4.78, 5) is 11.3. The summed E-state index contributed by atoms with van der Waals surface area (Å²) in [7, 11) is -3.85. The molecular weight excluding hydrogens is 424 g/mol. The minimum Gasteiger partial charge on any atom is -0.423 e. The van der Waals surface area contributed by atoms with Gasteiger partial charge in [0.05, 0.1) is 21.3 Å². The lowest BCUT2D eigenvalue weighted by Crippen LogP contribution is -2.13. The van der Waals surface area contributed by atoms with E-state index in [1.165, 1.54) is 30.3 Å². The molecule has 0 amide bonds. The maximum Gasteiger partial charge on any atom is 0.336 e. The van der Waals surface area contributed by atoms with E-state index in [0.29, 0.717) is 33.9 Å². The third-order valence-electron chi connectivity index (χ3n) is 4.45. The van der Waals surface area contributed by atoms with E-state index in [0.717, 1.165) is 5.56 Å². The Morgan fingerprint density at radius 3 is 2.47 bits per heavy atom. The first kappa shape index (κ1) is 20.0. The highest BCUT2D eigenvalue weighted by Crippen LogP contribution is 2.28. The van der Waals surface area contributed by atoms with Crippen LogP contribution >= 0.6 is 11.6 Å². The molecule has 0 aliphatic heterocycles. The second-order valence-electron chi connectivity index (χ2n) is 6.59. The molecule has 4 rings (SSSR count). The Hall–Kier alpha value is -3.29. The maximum absolute atomic E-state index is 12.8. The molecule has 0 radical (unpaired) electrons. The van der Waals surface area contributed by atoms with Crippen molar-refractivity contribution in [2.24, 2.45) is 0 Å². The molecule has 0 aliphatic carbocycles. The topological polar surface area (TPSA) is 88.4 Å². The summed E-state index contributed by atoms with van der Waals surface area (Å²) >= 11 is 6.32. The summed E-state index contributed by atoms with van der Waals surface area (Å²) in [5, 5.41) is 4.14. The Kier molecular flexibility index (Phi) is 5.48. The van der Waals surface area contributed by atoms with Gasteiger partial charge in [-0.1, -0.05) is 41.9 Å². The van der Waals surface area contributed by atoms with Crippen LogP contribution in [0.15, 0.2) is 93.0 Å². The molecule has 0 aliphatic rings. The van der Waals surface area contributed by atoms with E-state index in [-0.39, 0.29) is 4.90 Å². The van der Waals surface area contributed by atoms with Crippen LogP contribution in [0.5, 0.6) is 0 Å². The van der Waals surface area contributed by atoms with E-state index >= 15 is 0 Å². The minimum absolute atomic E-state index is 0.0475. The molecule has 30 heavy (non-hydrogen) atoms. The molecule has 2 N–H and O–H groups in total. The van der Waals surface area contributed by atoms with E-state index in [9.17, 15) is 13.2 Å². The van der Waals surface area contributed by atoms with Crippen LogP contribution in [-0.2, 0) is 16.6 Å². The van der Waals surface area contributed by atoms with Crippen LogP contribution < -0.4 is 15.7 Å². The molecule has 152 valence electrons. The Labute approximate surface area is 178 Å². The van der Waals surface area contributed by atoms with Gasteiger partial charge in [0.15, 0.2) is 0 Å². The predicted molar refractivity (Wildman–Crippen MR) is 119 cm³/mol. The summed E-state index contributed by atoms with van der Waals surface area (Å²) in [6.45, 7) is 0.596. The smallest absolute Gasteiger partial charge is 0.336 e. The van der Waals surface area contributed by atoms with Crippen LogP contribution in [-0.4, -0.2) is 8.42 Å². The van der Waals surface area contributed by atoms with Crippen molar-refractivity contribution in [2.45, 2.75) is 11.4 Å². The monoisotopic (exact) mass is 440 g/mol. The van der Waals surface area contributed by atoms with Crippen molar-refractivity contribution in [2.75, 3.05) is 10.0 Å². The molecule has 6 nitrogen and oxygen atoms in total. The van der Waals surface area contributed by atoms with Crippen LogP contribution in [0, 0.1) is 0 Å². The van der Waals surface area contributed by atoms with Crippen LogP contribution in [0.4, 0.5) is 11.4 Å².